The lowest BCUT2D eigenvalue weighted by Gasteiger charge is -2.13. The fourth-order valence-corrected chi connectivity index (χ4v) is 3.61. The maximum Gasteiger partial charge on any atom is 0.267 e. The number of hydrogen-bond donors (Lipinski definition) is 2. The molecular weight excluding hydrogens is 370 g/mol. The van der Waals surface area contributed by atoms with E-state index in [1.54, 1.807) is 24.3 Å². The van der Waals surface area contributed by atoms with Gasteiger partial charge in [0.25, 0.3) is 11.8 Å². The molecule has 1 aromatic heterocycles. The highest BCUT2D eigenvalue weighted by Gasteiger charge is 2.23. The Balaban J connectivity index is 1.81. The van der Waals surface area contributed by atoms with E-state index in [9.17, 15) is 9.59 Å². The lowest BCUT2D eigenvalue weighted by molar-refractivity contribution is 0.101. The maximum atomic E-state index is 12.8. The molecule has 28 heavy (non-hydrogen) atoms. The number of carbonyl (C=O) groups excluding carboxylic acids is 2. The summed E-state index contributed by atoms with van der Waals surface area (Å²) in [6.07, 6.45) is 0. The summed E-state index contributed by atoms with van der Waals surface area (Å²) in [4.78, 5) is 30.4. The van der Waals surface area contributed by atoms with Gasteiger partial charge < -0.3 is 10.6 Å². The van der Waals surface area contributed by atoms with E-state index in [0.717, 1.165) is 5.01 Å². The predicted octanol–water partition coefficient (Wildman–Crippen LogP) is 5.25. The van der Waals surface area contributed by atoms with Crippen molar-refractivity contribution >= 4 is 34.5 Å². The van der Waals surface area contributed by atoms with Crippen molar-refractivity contribution in [3.63, 3.8) is 0 Å². The first kappa shape index (κ1) is 19.8. The summed E-state index contributed by atoms with van der Waals surface area (Å²) in [5, 5.41) is 6.69. The van der Waals surface area contributed by atoms with E-state index in [1.165, 1.54) is 11.3 Å². The van der Waals surface area contributed by atoms with Gasteiger partial charge in [0.15, 0.2) is 0 Å². The lowest BCUT2D eigenvalue weighted by atomic mass is 9.98. The minimum Gasteiger partial charge on any atom is -0.320 e. The van der Waals surface area contributed by atoms with Gasteiger partial charge in [-0.3, -0.25) is 9.59 Å². The van der Waals surface area contributed by atoms with Gasteiger partial charge in [0.05, 0.1) is 22.1 Å². The van der Waals surface area contributed by atoms with Crippen LogP contribution in [0.4, 0.5) is 11.4 Å². The highest BCUT2D eigenvalue weighted by molar-refractivity contribution is 7.14. The third-order valence-electron chi connectivity index (χ3n) is 4.10. The van der Waals surface area contributed by atoms with Gasteiger partial charge in [-0.2, -0.15) is 0 Å². The van der Waals surface area contributed by atoms with Crippen LogP contribution < -0.4 is 10.6 Å². The number of anilines is 2. The van der Waals surface area contributed by atoms with Crippen molar-refractivity contribution in [2.45, 2.75) is 33.1 Å². The van der Waals surface area contributed by atoms with Gasteiger partial charge in [0.1, 0.15) is 4.88 Å². The first-order valence-electron chi connectivity index (χ1n) is 9.00. The Morgan fingerprint density at radius 1 is 0.857 bits per heavy atom. The van der Waals surface area contributed by atoms with E-state index < -0.39 is 0 Å². The summed E-state index contributed by atoms with van der Waals surface area (Å²) < 4.78 is 0. The van der Waals surface area contributed by atoms with Crippen LogP contribution in [-0.4, -0.2) is 16.8 Å². The molecule has 144 valence electrons. The fraction of sp³-hybridized carbons (Fsp3) is 0.227. The molecule has 0 aliphatic carbocycles. The molecule has 2 aromatic carbocycles. The van der Waals surface area contributed by atoms with Crippen molar-refractivity contribution in [3.05, 3.63) is 75.7 Å². The standard InChI is InChI=1S/C22H23N3O2S/c1-14-18(28-21(23-14)22(2,3)4)20(27)25-17-13-9-8-12-16(17)24-19(26)15-10-6-5-7-11-15/h5-13H,1-4H3,(H,24,26)(H,25,27). The lowest BCUT2D eigenvalue weighted by Crippen LogP contribution is -2.16. The monoisotopic (exact) mass is 393 g/mol. The van der Waals surface area contributed by atoms with E-state index in [-0.39, 0.29) is 17.2 Å². The summed E-state index contributed by atoms with van der Waals surface area (Å²) >= 11 is 1.40. The fourth-order valence-electron chi connectivity index (χ4n) is 2.59. The van der Waals surface area contributed by atoms with Gasteiger partial charge in [-0.05, 0) is 31.2 Å². The van der Waals surface area contributed by atoms with E-state index in [1.807, 2.05) is 37.3 Å². The second-order valence-corrected chi connectivity index (χ2v) is 8.50. The number of amides is 2. The molecule has 0 spiro atoms. The number of rotatable bonds is 4. The minimum absolute atomic E-state index is 0.116. The Morgan fingerprint density at radius 3 is 1.93 bits per heavy atom. The highest BCUT2D eigenvalue weighted by Crippen LogP contribution is 2.30. The molecule has 6 heteroatoms. The van der Waals surface area contributed by atoms with Crippen LogP contribution in [0.2, 0.25) is 0 Å². The summed E-state index contributed by atoms with van der Waals surface area (Å²) in [5.41, 5.74) is 2.23. The third kappa shape index (κ3) is 4.46. The molecule has 0 fully saturated rings. The van der Waals surface area contributed by atoms with Crippen LogP contribution in [0.25, 0.3) is 0 Å². The Labute approximate surface area is 168 Å². The Hall–Kier alpha value is -2.99. The summed E-state index contributed by atoms with van der Waals surface area (Å²) in [5.74, 6) is -0.460. The largest absolute Gasteiger partial charge is 0.320 e. The third-order valence-corrected chi connectivity index (χ3v) is 5.69. The summed E-state index contributed by atoms with van der Waals surface area (Å²) in [7, 11) is 0. The van der Waals surface area contributed by atoms with Gasteiger partial charge in [-0.25, -0.2) is 4.98 Å². The zero-order valence-electron chi connectivity index (χ0n) is 16.4. The number of carbonyl (C=O) groups is 2. The average molecular weight is 394 g/mol. The number of aryl methyl sites for hydroxylation is 1. The molecule has 0 saturated carbocycles. The molecule has 1 heterocycles. The predicted molar refractivity (Wildman–Crippen MR) is 114 cm³/mol. The van der Waals surface area contributed by atoms with Crippen molar-refractivity contribution in [2.24, 2.45) is 0 Å². The molecule has 3 aromatic rings. The normalized spacial score (nSPS) is 11.1. The molecule has 0 bridgehead atoms. The van der Waals surface area contributed by atoms with E-state index in [2.05, 4.69) is 36.4 Å². The molecule has 2 N–H and O–H groups in total. The van der Waals surface area contributed by atoms with Crippen LogP contribution in [-0.2, 0) is 5.41 Å². The first-order valence-corrected chi connectivity index (χ1v) is 9.82. The van der Waals surface area contributed by atoms with E-state index in [0.29, 0.717) is 27.5 Å². The number of hydrogen-bond acceptors (Lipinski definition) is 4. The van der Waals surface area contributed by atoms with Crippen molar-refractivity contribution in [2.75, 3.05) is 10.6 Å². The van der Waals surface area contributed by atoms with E-state index in [4.69, 9.17) is 0 Å². The van der Waals surface area contributed by atoms with Crippen LogP contribution in [0.1, 0.15) is 51.5 Å². The molecule has 0 unspecified atom stereocenters. The Bertz CT molecular complexity index is 1000. The van der Waals surface area contributed by atoms with Crippen molar-refractivity contribution in [1.29, 1.82) is 0 Å². The Morgan fingerprint density at radius 2 is 1.39 bits per heavy atom. The van der Waals surface area contributed by atoms with E-state index >= 15 is 0 Å². The summed E-state index contributed by atoms with van der Waals surface area (Å²) in [6, 6.07) is 16.1. The molecule has 5 nitrogen and oxygen atoms in total. The van der Waals surface area contributed by atoms with Crippen LogP contribution in [0.15, 0.2) is 54.6 Å². The van der Waals surface area contributed by atoms with Gasteiger partial charge in [0, 0.05) is 11.0 Å². The van der Waals surface area contributed by atoms with Crippen LogP contribution in [0.3, 0.4) is 0 Å². The molecule has 0 saturated heterocycles. The van der Waals surface area contributed by atoms with Gasteiger partial charge in [-0.15, -0.1) is 11.3 Å². The number of thiazole rings is 1. The van der Waals surface area contributed by atoms with Crippen molar-refractivity contribution in [3.8, 4) is 0 Å². The topological polar surface area (TPSA) is 71.1 Å². The number of aromatic nitrogens is 1. The SMILES string of the molecule is Cc1nc(C(C)(C)C)sc1C(=O)Nc1ccccc1NC(=O)c1ccccc1. The van der Waals surface area contributed by atoms with Gasteiger partial charge >= 0.3 is 0 Å². The molecule has 2 amide bonds. The molecule has 0 aliphatic rings. The number of benzene rings is 2. The van der Waals surface area contributed by atoms with Crippen molar-refractivity contribution < 1.29 is 9.59 Å². The van der Waals surface area contributed by atoms with Crippen LogP contribution >= 0.6 is 11.3 Å². The number of nitrogens with one attached hydrogen (secondary N) is 2. The Kier molecular flexibility index (Phi) is 5.61. The zero-order valence-corrected chi connectivity index (χ0v) is 17.2. The molecule has 0 aliphatic heterocycles. The number of para-hydroxylation sites is 2. The average Bonchev–Trinajstić information content (AvgIpc) is 3.06. The number of nitrogens with zero attached hydrogens (tertiary/aromatic N) is 1. The first-order chi connectivity index (χ1) is 13.3. The van der Waals surface area contributed by atoms with Crippen LogP contribution in [0.5, 0.6) is 0 Å². The zero-order chi connectivity index (χ0) is 20.3. The second-order valence-electron chi connectivity index (χ2n) is 7.50. The molecule has 0 atom stereocenters. The second kappa shape index (κ2) is 7.94. The highest BCUT2D eigenvalue weighted by atomic mass is 32.1. The molecule has 0 radical (unpaired) electrons. The maximum absolute atomic E-state index is 12.8. The molecular formula is C22H23N3O2S. The van der Waals surface area contributed by atoms with Gasteiger partial charge in [-0.1, -0.05) is 51.1 Å². The minimum atomic E-state index is -0.230. The van der Waals surface area contributed by atoms with Gasteiger partial charge in [0.2, 0.25) is 0 Å². The smallest absolute Gasteiger partial charge is 0.267 e. The van der Waals surface area contributed by atoms with Crippen molar-refractivity contribution in [1.82, 2.24) is 4.98 Å². The quantitative estimate of drug-likeness (QED) is 0.636. The van der Waals surface area contributed by atoms with Crippen LogP contribution in [0, 0.1) is 6.92 Å². The summed E-state index contributed by atoms with van der Waals surface area (Å²) in [6.45, 7) is 8.05. The molecule has 3 rings (SSSR count).